The second-order valence-corrected chi connectivity index (χ2v) is 6.25. The highest BCUT2D eigenvalue weighted by Crippen LogP contribution is 2.25. The predicted molar refractivity (Wildman–Crippen MR) is 92.0 cm³/mol. The molecule has 0 amide bonds. The van der Waals surface area contributed by atoms with E-state index < -0.39 is 0 Å². The van der Waals surface area contributed by atoms with Crippen molar-refractivity contribution in [1.29, 1.82) is 0 Å². The van der Waals surface area contributed by atoms with Crippen LogP contribution in [0.1, 0.15) is 24.1 Å². The third kappa shape index (κ3) is 3.10. The van der Waals surface area contributed by atoms with Crippen molar-refractivity contribution in [2.75, 3.05) is 18.0 Å². The fraction of sp³-hybridized carbons (Fsp3) is 0.389. The van der Waals surface area contributed by atoms with E-state index in [4.69, 9.17) is 4.74 Å². The van der Waals surface area contributed by atoms with Gasteiger partial charge in [0.2, 0.25) is 5.65 Å². The first kappa shape index (κ1) is 15.1. The van der Waals surface area contributed by atoms with Gasteiger partial charge in [0.1, 0.15) is 6.33 Å². The predicted octanol–water partition coefficient (Wildman–Crippen LogP) is 2.62. The van der Waals surface area contributed by atoms with Gasteiger partial charge in [-0.2, -0.15) is 9.61 Å². The molecule has 1 aliphatic heterocycles. The van der Waals surface area contributed by atoms with Gasteiger partial charge in [0, 0.05) is 13.1 Å². The van der Waals surface area contributed by atoms with E-state index in [1.54, 1.807) is 10.8 Å². The van der Waals surface area contributed by atoms with E-state index in [2.05, 4.69) is 50.5 Å². The fourth-order valence-electron chi connectivity index (χ4n) is 3.22. The Morgan fingerprint density at radius 3 is 2.75 bits per heavy atom. The van der Waals surface area contributed by atoms with Crippen molar-refractivity contribution >= 4 is 11.3 Å². The first-order valence-electron chi connectivity index (χ1n) is 8.38. The number of anilines is 1. The number of benzene rings is 1. The van der Waals surface area contributed by atoms with Crippen LogP contribution in [-0.2, 0) is 11.3 Å². The average Bonchev–Trinajstić information content (AvgIpc) is 3.09. The largest absolute Gasteiger partial charge is 0.373 e. The van der Waals surface area contributed by atoms with Crippen molar-refractivity contribution in [2.24, 2.45) is 0 Å². The SMILES string of the molecule is Cc1cc(N2CCC(OCc3ccccc3)CC2)c2nncn2n1. The van der Waals surface area contributed by atoms with E-state index in [9.17, 15) is 0 Å². The Kier molecular flexibility index (Phi) is 4.13. The number of rotatable bonds is 4. The molecule has 0 atom stereocenters. The lowest BCUT2D eigenvalue weighted by atomic mass is 10.1. The summed E-state index contributed by atoms with van der Waals surface area (Å²) in [4.78, 5) is 2.36. The molecule has 3 aromatic rings. The molecule has 0 aliphatic carbocycles. The van der Waals surface area contributed by atoms with Gasteiger partial charge in [-0.05, 0) is 31.4 Å². The molecule has 1 aromatic carbocycles. The molecule has 6 heteroatoms. The smallest absolute Gasteiger partial charge is 0.200 e. The van der Waals surface area contributed by atoms with Crippen LogP contribution < -0.4 is 4.90 Å². The summed E-state index contributed by atoms with van der Waals surface area (Å²) in [5.74, 6) is 0. The molecule has 0 N–H and O–H groups in total. The van der Waals surface area contributed by atoms with Crippen molar-refractivity contribution in [3.63, 3.8) is 0 Å². The molecule has 0 unspecified atom stereocenters. The summed E-state index contributed by atoms with van der Waals surface area (Å²) in [6, 6.07) is 12.4. The molecular formula is C18H21N5O. The molecule has 0 saturated carbocycles. The minimum Gasteiger partial charge on any atom is -0.373 e. The molecule has 0 bridgehead atoms. The fourth-order valence-corrected chi connectivity index (χ4v) is 3.22. The zero-order chi connectivity index (χ0) is 16.4. The van der Waals surface area contributed by atoms with E-state index in [1.807, 2.05) is 13.0 Å². The highest BCUT2D eigenvalue weighted by Gasteiger charge is 2.22. The Balaban J connectivity index is 1.39. The van der Waals surface area contributed by atoms with E-state index in [0.717, 1.165) is 43.0 Å². The molecule has 0 radical (unpaired) electrons. The lowest BCUT2D eigenvalue weighted by Gasteiger charge is -2.33. The number of hydrogen-bond acceptors (Lipinski definition) is 5. The minimum absolute atomic E-state index is 0.318. The maximum atomic E-state index is 6.08. The van der Waals surface area contributed by atoms with Crippen LogP contribution >= 0.6 is 0 Å². The monoisotopic (exact) mass is 323 g/mol. The topological polar surface area (TPSA) is 55.5 Å². The molecular weight excluding hydrogens is 302 g/mol. The van der Waals surface area contributed by atoms with Crippen molar-refractivity contribution in [2.45, 2.75) is 32.5 Å². The van der Waals surface area contributed by atoms with E-state index in [1.165, 1.54) is 5.56 Å². The van der Waals surface area contributed by atoms with Gasteiger partial charge in [-0.25, -0.2) is 0 Å². The summed E-state index contributed by atoms with van der Waals surface area (Å²) in [5, 5.41) is 12.6. The number of hydrogen-bond donors (Lipinski definition) is 0. The number of ether oxygens (including phenoxy) is 1. The third-order valence-corrected chi connectivity index (χ3v) is 4.48. The second kappa shape index (κ2) is 6.57. The second-order valence-electron chi connectivity index (χ2n) is 6.25. The Labute approximate surface area is 141 Å². The normalized spacial score (nSPS) is 16.0. The van der Waals surface area contributed by atoms with E-state index >= 15 is 0 Å². The summed E-state index contributed by atoms with van der Waals surface area (Å²) in [5.41, 5.74) is 4.14. The van der Waals surface area contributed by atoms with Crippen LogP contribution in [0, 0.1) is 6.92 Å². The Morgan fingerprint density at radius 1 is 1.17 bits per heavy atom. The van der Waals surface area contributed by atoms with Gasteiger partial charge in [-0.3, -0.25) is 0 Å². The number of aromatic nitrogens is 4. The summed E-state index contributed by atoms with van der Waals surface area (Å²) in [7, 11) is 0. The number of nitrogens with zero attached hydrogens (tertiary/aromatic N) is 5. The van der Waals surface area contributed by atoms with Gasteiger partial charge < -0.3 is 9.64 Å². The third-order valence-electron chi connectivity index (χ3n) is 4.48. The molecule has 2 aromatic heterocycles. The Hall–Kier alpha value is -2.47. The summed E-state index contributed by atoms with van der Waals surface area (Å²) >= 11 is 0. The zero-order valence-corrected chi connectivity index (χ0v) is 13.8. The molecule has 1 aliphatic rings. The molecule has 1 fully saturated rings. The first-order valence-corrected chi connectivity index (χ1v) is 8.38. The molecule has 24 heavy (non-hydrogen) atoms. The highest BCUT2D eigenvalue weighted by molar-refractivity contribution is 5.68. The Bertz CT molecular complexity index is 809. The number of piperidine rings is 1. The highest BCUT2D eigenvalue weighted by atomic mass is 16.5. The van der Waals surface area contributed by atoms with Gasteiger partial charge in [0.15, 0.2) is 0 Å². The molecule has 124 valence electrons. The molecule has 3 heterocycles. The summed E-state index contributed by atoms with van der Waals surface area (Å²) in [6.45, 7) is 4.61. The van der Waals surface area contributed by atoms with Crippen molar-refractivity contribution in [1.82, 2.24) is 19.8 Å². The van der Waals surface area contributed by atoms with Gasteiger partial charge in [-0.1, -0.05) is 30.3 Å². The van der Waals surface area contributed by atoms with Gasteiger partial charge in [0.05, 0.1) is 24.1 Å². The first-order chi connectivity index (χ1) is 11.8. The lowest BCUT2D eigenvalue weighted by Crippen LogP contribution is -2.37. The maximum Gasteiger partial charge on any atom is 0.200 e. The van der Waals surface area contributed by atoms with Gasteiger partial charge in [-0.15, -0.1) is 10.2 Å². The van der Waals surface area contributed by atoms with Crippen LogP contribution in [-0.4, -0.2) is 39.0 Å². The minimum atomic E-state index is 0.318. The van der Waals surface area contributed by atoms with Crippen LogP contribution in [0.15, 0.2) is 42.7 Å². The quantitative estimate of drug-likeness (QED) is 0.739. The number of fused-ring (bicyclic) bond motifs is 1. The van der Waals surface area contributed by atoms with Crippen LogP contribution in [0.4, 0.5) is 5.69 Å². The van der Waals surface area contributed by atoms with Crippen LogP contribution in [0.25, 0.3) is 5.65 Å². The van der Waals surface area contributed by atoms with Crippen LogP contribution in [0.2, 0.25) is 0 Å². The summed E-state index contributed by atoms with van der Waals surface area (Å²) < 4.78 is 7.83. The molecule has 1 saturated heterocycles. The molecule has 0 spiro atoms. The van der Waals surface area contributed by atoms with Crippen LogP contribution in [0.3, 0.4) is 0 Å². The standard InChI is InChI=1S/C18H21N5O/c1-14-11-17(18-20-19-13-23(18)21-14)22-9-7-16(8-10-22)24-12-15-5-3-2-4-6-15/h2-6,11,13,16H,7-10,12H2,1H3. The molecule has 4 rings (SSSR count). The Morgan fingerprint density at radius 2 is 1.96 bits per heavy atom. The molecule has 6 nitrogen and oxygen atoms in total. The van der Waals surface area contributed by atoms with E-state index in [-0.39, 0.29) is 0 Å². The zero-order valence-electron chi connectivity index (χ0n) is 13.8. The van der Waals surface area contributed by atoms with E-state index in [0.29, 0.717) is 12.7 Å². The van der Waals surface area contributed by atoms with Crippen LogP contribution in [0.5, 0.6) is 0 Å². The number of aryl methyl sites for hydroxylation is 1. The van der Waals surface area contributed by atoms with Gasteiger partial charge >= 0.3 is 0 Å². The van der Waals surface area contributed by atoms with Crippen molar-refractivity contribution < 1.29 is 4.74 Å². The summed E-state index contributed by atoms with van der Waals surface area (Å²) in [6.07, 6.45) is 4.02. The van der Waals surface area contributed by atoms with Crippen molar-refractivity contribution in [3.05, 3.63) is 54.0 Å². The maximum absolute atomic E-state index is 6.08. The average molecular weight is 323 g/mol. The lowest BCUT2D eigenvalue weighted by molar-refractivity contribution is 0.0251. The van der Waals surface area contributed by atoms with Crippen molar-refractivity contribution in [3.8, 4) is 0 Å². The van der Waals surface area contributed by atoms with Gasteiger partial charge in [0.25, 0.3) is 0 Å².